The van der Waals surface area contributed by atoms with Gasteiger partial charge in [0.2, 0.25) is 0 Å². The van der Waals surface area contributed by atoms with E-state index in [9.17, 15) is 0 Å². The third-order valence-corrected chi connectivity index (χ3v) is 29.2. The van der Waals surface area contributed by atoms with E-state index in [0.717, 1.165) is 135 Å². The van der Waals surface area contributed by atoms with Crippen LogP contribution in [0.5, 0.6) is 0 Å². The highest BCUT2D eigenvalue weighted by molar-refractivity contribution is 5.91. The number of anilines is 15. The number of para-hydroxylation sites is 5. The molecule has 0 fully saturated rings. The Morgan fingerprint density at radius 1 is 0.222 bits per heavy atom. The smallest absolute Gasteiger partial charge is 0.162 e. The lowest BCUT2D eigenvalue weighted by Crippen LogP contribution is -2.36. The van der Waals surface area contributed by atoms with E-state index in [4.69, 9.17) is 39.9 Å². The van der Waals surface area contributed by atoms with Crippen molar-refractivity contribution in [3.8, 4) is 56.9 Å². The molecule has 0 bridgehead atoms. The van der Waals surface area contributed by atoms with E-state index in [2.05, 4.69) is 378 Å². The van der Waals surface area contributed by atoms with Crippen LogP contribution in [0.1, 0.15) is 191 Å². The molecule has 0 saturated heterocycles. The lowest BCUT2D eigenvalue weighted by Gasteiger charge is -2.23. The second-order valence-corrected chi connectivity index (χ2v) is 39.4. The molecule has 0 aliphatic carbocycles. The van der Waals surface area contributed by atoms with Crippen molar-refractivity contribution in [1.82, 2.24) is 54.8 Å². The van der Waals surface area contributed by atoms with Crippen LogP contribution in [0.2, 0.25) is 0 Å². The maximum atomic E-state index is 5.17. The highest BCUT2D eigenvalue weighted by atomic mass is 15.5. The first kappa shape index (κ1) is 87.2. The molecule has 680 valence electrons. The van der Waals surface area contributed by atoms with Crippen molar-refractivity contribution in [1.29, 1.82) is 0 Å². The Labute approximate surface area is 794 Å². The Balaban J connectivity index is 0.000000101. The summed E-state index contributed by atoms with van der Waals surface area (Å²) in [5, 5.41) is 0. The summed E-state index contributed by atoms with van der Waals surface area (Å²) in [6.45, 7) is 31.0. The fraction of sp³-hybridized carbons (Fsp3) is 0.307. The van der Waals surface area contributed by atoms with Gasteiger partial charge in [-0.15, -0.1) is 0 Å². The molecule has 9 aromatic carbocycles. The lowest BCUT2D eigenvalue weighted by molar-refractivity contribution is 0.699. The number of nitrogens with zero attached hydrogens (tertiary/aromatic N) is 21. The third-order valence-electron chi connectivity index (χ3n) is 29.2. The minimum atomic E-state index is 0.276. The molecule has 15 aromatic rings. The molecule has 6 aromatic heterocycles. The zero-order valence-electron chi connectivity index (χ0n) is 80.9. The minimum Gasteiger partial charge on any atom is -0.349 e. The molecule has 21 heteroatoms. The molecular weight excluding hydrogens is 1660 g/mol. The van der Waals surface area contributed by atoms with Gasteiger partial charge in [-0.3, -0.25) is 4.98 Å². The van der Waals surface area contributed by atoms with E-state index in [-0.39, 0.29) is 18.5 Å². The van der Waals surface area contributed by atoms with Gasteiger partial charge < -0.3 is 49.0 Å². The van der Waals surface area contributed by atoms with Gasteiger partial charge in [0.05, 0.1) is 31.0 Å². The molecule has 0 spiro atoms. The second-order valence-electron chi connectivity index (χ2n) is 39.4. The summed E-state index contributed by atoms with van der Waals surface area (Å²) in [5.74, 6) is 11.6. The molecule has 0 radical (unpaired) electrons. The normalized spacial score (nSPS) is 17.3. The van der Waals surface area contributed by atoms with Crippen molar-refractivity contribution in [2.45, 2.75) is 195 Å². The van der Waals surface area contributed by atoms with E-state index in [1.807, 2.05) is 67.6 Å². The Morgan fingerprint density at radius 2 is 0.459 bits per heavy atom. The van der Waals surface area contributed by atoms with Crippen LogP contribution in [0, 0.1) is 13.8 Å². The number of aromatic nitrogens is 11. The SMILES string of the molecule is CC(C)c1cccc(C(C)C)c1-c1ncc2c(n1)N(C)C1Cc3ccccc3N21.CC(C)c1cccc(C(C)C)c1-c1ncc2c(n1)N1c3ccccc3CC1N2C.CC(C)c1cncc(C(C)C)c1-c1ncc2c(n1)N(C)C1Cc3ccccc3N21.Cc1ccccc1-c1ncc2c(n1)N(C)C1Cc3ccccc3N21.Cc1ccccc1-c1ncc2c(n1)N1c3ccccc3CC1N2C. The minimum absolute atomic E-state index is 0.276. The Bertz CT molecular complexity index is 6850. The Kier molecular flexibility index (Phi) is 22.5. The monoisotopic (exact) mass is 1780 g/mol. The van der Waals surface area contributed by atoms with Crippen molar-refractivity contribution in [2.24, 2.45) is 0 Å². The van der Waals surface area contributed by atoms with Crippen LogP contribution in [-0.2, 0) is 32.1 Å². The van der Waals surface area contributed by atoms with Crippen LogP contribution < -0.4 is 49.0 Å². The van der Waals surface area contributed by atoms with Gasteiger partial charge in [0.25, 0.3) is 0 Å². The highest BCUT2D eigenvalue weighted by Gasteiger charge is 2.48. The van der Waals surface area contributed by atoms with Gasteiger partial charge in [0, 0.05) is 136 Å². The number of aryl methyl sites for hydroxylation is 2. The van der Waals surface area contributed by atoms with Crippen molar-refractivity contribution >= 4 is 86.0 Å². The van der Waals surface area contributed by atoms with Gasteiger partial charge in [0.15, 0.2) is 58.2 Å². The van der Waals surface area contributed by atoms with Crippen LogP contribution >= 0.6 is 0 Å². The molecule has 0 saturated carbocycles. The molecule has 10 aliphatic heterocycles. The highest BCUT2D eigenvalue weighted by Crippen LogP contribution is 2.56. The summed E-state index contributed by atoms with van der Waals surface area (Å²) in [6, 6.07) is 73.0. The van der Waals surface area contributed by atoms with Crippen LogP contribution in [0.15, 0.2) is 250 Å². The molecule has 21 nitrogen and oxygen atoms in total. The van der Waals surface area contributed by atoms with E-state index in [1.54, 1.807) is 0 Å². The van der Waals surface area contributed by atoms with Gasteiger partial charge in [0.1, 0.15) is 59.3 Å². The number of hydrogen-bond donors (Lipinski definition) is 0. The summed E-state index contributed by atoms with van der Waals surface area (Å²) in [5.41, 5.74) is 34.7. The van der Waals surface area contributed by atoms with Gasteiger partial charge in [-0.05, 0) is 152 Å². The molecule has 25 rings (SSSR count). The predicted molar refractivity (Wildman–Crippen MR) is 552 cm³/mol. The molecule has 16 heterocycles. The number of fused-ring (bicyclic) bond motifs is 25. The molecule has 135 heavy (non-hydrogen) atoms. The first-order valence-electron chi connectivity index (χ1n) is 48.1. The molecule has 10 aliphatic rings. The number of pyridine rings is 1. The average molecular weight is 1780 g/mol. The Hall–Kier alpha value is -14.5. The first-order valence-corrected chi connectivity index (χ1v) is 48.1. The summed E-state index contributed by atoms with van der Waals surface area (Å²) in [6.07, 6.45) is 20.5. The predicted octanol–water partition coefficient (Wildman–Crippen LogP) is 24.8. The van der Waals surface area contributed by atoms with E-state index in [0.29, 0.717) is 47.8 Å². The summed E-state index contributed by atoms with van der Waals surface area (Å²) < 4.78 is 0. The van der Waals surface area contributed by atoms with E-state index >= 15 is 0 Å². The zero-order chi connectivity index (χ0) is 93.4. The lowest BCUT2D eigenvalue weighted by atomic mass is 9.88. The fourth-order valence-corrected chi connectivity index (χ4v) is 22.0. The number of benzene rings is 9. The summed E-state index contributed by atoms with van der Waals surface area (Å²) in [7, 11) is 10.7. The maximum absolute atomic E-state index is 5.17. The molecule has 0 amide bonds. The summed E-state index contributed by atoms with van der Waals surface area (Å²) >= 11 is 0. The number of hydrogen-bond acceptors (Lipinski definition) is 21. The number of rotatable bonds is 11. The van der Waals surface area contributed by atoms with Crippen LogP contribution in [-0.4, -0.2) is 121 Å². The van der Waals surface area contributed by atoms with Gasteiger partial charge >= 0.3 is 0 Å². The van der Waals surface area contributed by atoms with E-state index in [1.165, 1.54) is 112 Å². The van der Waals surface area contributed by atoms with Crippen molar-refractivity contribution in [2.75, 3.05) is 84.2 Å². The zero-order valence-corrected chi connectivity index (χ0v) is 80.9. The third kappa shape index (κ3) is 14.8. The van der Waals surface area contributed by atoms with Gasteiger partial charge in [-0.1, -0.05) is 259 Å². The molecular formula is C114H119N21. The quantitative estimate of drug-likeness (QED) is 0.119. The van der Waals surface area contributed by atoms with E-state index < -0.39 is 0 Å². The standard InChI is InChI=1S/2C25H28N4.C24H27N5.2C20H18N4/c1-15(2)18-10-8-11-19(16(3)4)23(18)24-26-14-21-25(27-24)28(5)22-13-17-9-6-7-12-20(17)29(21)22;1-15(2)18-10-8-11-19(16(3)4)23(18)24-26-14-21-25(27-24)29-20-12-7-6-9-17(20)13-22(29)28(21)5;1-14(2)17-11-25-12-18(15(3)4)22(17)23-26-13-20-24(27-23)28(5)21-10-16-8-6-7-9-19(16)29(20)21;1-13-7-3-5-9-15(13)19-21-12-17-20(22-19)23(2)18-11-14-8-4-6-10-16(14)24(17)18;1-13-7-3-5-9-15(13)19-21-12-17-20(22-19)24-16-10-6-4-8-14(16)11-18(24)23(17)2/h2*6-12,14-16,22H,13H2,1-5H3;6-9,11-15,21H,10H2,1-5H3;2*3-10,12,18H,11H2,1-2H3. The summed E-state index contributed by atoms with van der Waals surface area (Å²) in [4.78, 5) is 77.0. The van der Waals surface area contributed by atoms with Gasteiger partial charge in [-0.2, -0.15) is 0 Å². The molecule has 5 unspecified atom stereocenters. The fourth-order valence-electron chi connectivity index (χ4n) is 22.0. The largest absolute Gasteiger partial charge is 0.349 e. The second kappa shape index (κ2) is 34.8. The topological polar surface area (TPSA) is 174 Å². The van der Waals surface area contributed by atoms with Crippen molar-refractivity contribution < 1.29 is 0 Å². The van der Waals surface area contributed by atoms with Crippen LogP contribution in [0.25, 0.3) is 56.9 Å². The van der Waals surface area contributed by atoms with Crippen molar-refractivity contribution in [3.63, 3.8) is 0 Å². The van der Waals surface area contributed by atoms with Gasteiger partial charge in [-0.25, -0.2) is 49.8 Å². The molecule has 0 N–H and O–H groups in total. The average Bonchev–Trinajstić information content (AvgIpc) is 1.59. The molecule has 5 atom stereocenters. The van der Waals surface area contributed by atoms with Crippen LogP contribution in [0.3, 0.4) is 0 Å². The maximum Gasteiger partial charge on any atom is 0.162 e. The van der Waals surface area contributed by atoms with Crippen molar-refractivity contribution in [3.05, 3.63) is 322 Å². The number of likely N-dealkylation sites (N-methyl/N-ethyl adjacent to an activating group) is 5. The van der Waals surface area contributed by atoms with Crippen LogP contribution in [0.4, 0.5) is 86.0 Å². The Morgan fingerprint density at radius 3 is 0.763 bits per heavy atom. The first-order chi connectivity index (χ1) is 65.4.